The number of benzene rings is 3. The van der Waals surface area contributed by atoms with Crippen LogP contribution < -0.4 is 10.4 Å². The molecule has 0 bridgehead atoms. The quantitative estimate of drug-likeness (QED) is 0.547. The molecule has 3 aromatic carbocycles. The van der Waals surface area contributed by atoms with Crippen LogP contribution in [0.25, 0.3) is 21.9 Å². The molecule has 0 aliphatic heterocycles. The van der Waals surface area contributed by atoms with Gasteiger partial charge in [0.05, 0.1) is 17.7 Å². The molecule has 4 rings (SSSR count). The van der Waals surface area contributed by atoms with E-state index in [1.807, 2.05) is 60.7 Å². The number of nitrogens with zero attached hydrogens (tertiary/aromatic N) is 1. The number of pyridine rings is 1. The van der Waals surface area contributed by atoms with Gasteiger partial charge in [-0.3, -0.25) is 4.79 Å². The van der Waals surface area contributed by atoms with E-state index in [0.717, 1.165) is 16.7 Å². The Morgan fingerprint density at radius 2 is 1.57 bits per heavy atom. The highest BCUT2D eigenvalue weighted by Gasteiger charge is 2.19. The molecule has 5 heteroatoms. The first-order chi connectivity index (χ1) is 13.7. The number of aliphatic hydroxyl groups excluding tert-OH is 1. The van der Waals surface area contributed by atoms with E-state index < -0.39 is 0 Å². The summed E-state index contributed by atoms with van der Waals surface area (Å²) in [6.45, 7) is -0.141. The first-order valence-electron chi connectivity index (χ1n) is 8.89. The smallest absolute Gasteiger partial charge is 0.291 e. The van der Waals surface area contributed by atoms with E-state index in [1.54, 1.807) is 18.2 Å². The Balaban J connectivity index is 1.95. The van der Waals surface area contributed by atoms with Crippen molar-refractivity contribution < 1.29 is 9.94 Å². The number of aliphatic hydroxyl groups is 1. The fraction of sp³-hybridized carbons (Fsp3) is 0.0870. The van der Waals surface area contributed by atoms with Crippen LogP contribution in [0.4, 0.5) is 0 Å². The Morgan fingerprint density at radius 3 is 2.25 bits per heavy atom. The Kier molecular flexibility index (Phi) is 5.15. The monoisotopic (exact) mass is 391 g/mol. The van der Waals surface area contributed by atoms with Gasteiger partial charge in [-0.25, -0.2) is 0 Å². The molecular weight excluding hydrogens is 374 g/mol. The standard InChI is InChI=1S/C23H18ClNO3/c24-18-11-12-19-20(13-18)22(17-9-5-2-6-10-17)21(14-26)25(23(19)27)28-15-16-7-3-1-4-8-16/h1-13,26H,14-15H2. The van der Waals surface area contributed by atoms with E-state index in [4.69, 9.17) is 16.4 Å². The third kappa shape index (κ3) is 3.40. The molecule has 1 heterocycles. The summed E-state index contributed by atoms with van der Waals surface area (Å²) in [6, 6.07) is 24.3. The van der Waals surface area contributed by atoms with Gasteiger partial charge in [0.15, 0.2) is 0 Å². The van der Waals surface area contributed by atoms with Gasteiger partial charge < -0.3 is 9.94 Å². The van der Waals surface area contributed by atoms with E-state index >= 15 is 0 Å². The average Bonchev–Trinajstić information content (AvgIpc) is 2.74. The highest BCUT2D eigenvalue weighted by Crippen LogP contribution is 2.32. The number of fused-ring (bicyclic) bond motifs is 1. The third-order valence-electron chi connectivity index (χ3n) is 4.61. The molecule has 1 aromatic heterocycles. The molecule has 0 fully saturated rings. The van der Waals surface area contributed by atoms with Gasteiger partial charge in [0.25, 0.3) is 5.56 Å². The van der Waals surface area contributed by atoms with E-state index in [1.165, 1.54) is 4.73 Å². The minimum Gasteiger partial charge on any atom is -0.406 e. The topological polar surface area (TPSA) is 51.5 Å². The van der Waals surface area contributed by atoms with Gasteiger partial charge >= 0.3 is 0 Å². The number of rotatable bonds is 5. The van der Waals surface area contributed by atoms with Crippen molar-refractivity contribution in [2.75, 3.05) is 0 Å². The van der Waals surface area contributed by atoms with Gasteiger partial charge in [-0.15, -0.1) is 4.73 Å². The van der Waals surface area contributed by atoms with Gasteiger partial charge in [0, 0.05) is 10.6 Å². The van der Waals surface area contributed by atoms with Crippen molar-refractivity contribution >= 4 is 22.4 Å². The molecule has 28 heavy (non-hydrogen) atoms. The molecule has 0 amide bonds. The minimum absolute atomic E-state index is 0.209. The zero-order valence-electron chi connectivity index (χ0n) is 15.0. The van der Waals surface area contributed by atoms with Crippen molar-refractivity contribution in [2.45, 2.75) is 13.2 Å². The molecule has 0 aliphatic carbocycles. The summed E-state index contributed by atoms with van der Waals surface area (Å²) >= 11 is 6.20. The number of halogens is 1. The maximum Gasteiger partial charge on any atom is 0.291 e. The maximum absolute atomic E-state index is 13.1. The fourth-order valence-corrected chi connectivity index (χ4v) is 3.49. The molecule has 4 aromatic rings. The van der Waals surface area contributed by atoms with Crippen molar-refractivity contribution in [1.82, 2.24) is 4.73 Å². The molecule has 0 unspecified atom stereocenters. The molecule has 140 valence electrons. The summed E-state index contributed by atoms with van der Waals surface area (Å²) in [5.74, 6) is 0. The summed E-state index contributed by atoms with van der Waals surface area (Å²) in [5.41, 5.74) is 2.59. The van der Waals surface area contributed by atoms with E-state index in [2.05, 4.69) is 0 Å². The number of hydrogen-bond donors (Lipinski definition) is 1. The van der Waals surface area contributed by atoms with Crippen LogP contribution in [-0.4, -0.2) is 9.84 Å². The Bertz CT molecular complexity index is 1170. The van der Waals surface area contributed by atoms with E-state index in [9.17, 15) is 9.90 Å². The predicted molar refractivity (Wildman–Crippen MR) is 111 cm³/mol. The van der Waals surface area contributed by atoms with E-state index in [0.29, 0.717) is 21.5 Å². The Labute approximate surface area is 167 Å². The summed E-state index contributed by atoms with van der Waals surface area (Å²) < 4.78 is 1.20. The van der Waals surface area contributed by atoms with Crippen molar-refractivity contribution in [1.29, 1.82) is 0 Å². The van der Waals surface area contributed by atoms with Crippen LogP contribution in [-0.2, 0) is 13.2 Å². The fourth-order valence-electron chi connectivity index (χ4n) is 3.32. The largest absolute Gasteiger partial charge is 0.406 e. The molecule has 4 nitrogen and oxygen atoms in total. The highest BCUT2D eigenvalue weighted by atomic mass is 35.5. The van der Waals surface area contributed by atoms with Crippen molar-refractivity contribution in [3.05, 3.63) is 105 Å². The average molecular weight is 392 g/mol. The van der Waals surface area contributed by atoms with Crippen LogP contribution in [0, 0.1) is 0 Å². The lowest BCUT2D eigenvalue weighted by Crippen LogP contribution is -2.31. The van der Waals surface area contributed by atoms with Crippen LogP contribution in [0.1, 0.15) is 11.3 Å². The normalized spacial score (nSPS) is 10.9. The highest BCUT2D eigenvalue weighted by molar-refractivity contribution is 6.31. The maximum atomic E-state index is 13.1. The predicted octanol–water partition coefficient (Wildman–Crippen LogP) is 4.44. The molecule has 0 saturated heterocycles. The summed E-state index contributed by atoms with van der Waals surface area (Å²) in [7, 11) is 0. The van der Waals surface area contributed by atoms with Gasteiger partial charge in [-0.1, -0.05) is 72.3 Å². The first-order valence-corrected chi connectivity index (χ1v) is 9.27. The van der Waals surface area contributed by atoms with E-state index in [-0.39, 0.29) is 18.8 Å². The first kappa shape index (κ1) is 18.3. The second-order valence-electron chi connectivity index (χ2n) is 6.39. The minimum atomic E-state index is -0.350. The molecule has 0 atom stereocenters. The van der Waals surface area contributed by atoms with Gasteiger partial charge in [-0.05, 0) is 34.7 Å². The van der Waals surface area contributed by atoms with Gasteiger partial charge in [-0.2, -0.15) is 0 Å². The van der Waals surface area contributed by atoms with Crippen LogP contribution >= 0.6 is 11.6 Å². The lowest BCUT2D eigenvalue weighted by molar-refractivity contribution is 0.0746. The SMILES string of the molecule is O=c1c2ccc(Cl)cc2c(-c2ccccc2)c(CO)n1OCc1ccccc1. The van der Waals surface area contributed by atoms with Crippen LogP contribution in [0.3, 0.4) is 0 Å². The van der Waals surface area contributed by atoms with Crippen LogP contribution in [0.2, 0.25) is 5.02 Å². The second kappa shape index (κ2) is 7.89. The van der Waals surface area contributed by atoms with Crippen LogP contribution in [0.15, 0.2) is 83.7 Å². The molecule has 0 spiro atoms. The zero-order valence-corrected chi connectivity index (χ0v) is 15.8. The Morgan fingerprint density at radius 1 is 0.893 bits per heavy atom. The van der Waals surface area contributed by atoms with Crippen LogP contribution in [0.5, 0.6) is 0 Å². The summed E-state index contributed by atoms with van der Waals surface area (Å²) in [5, 5.41) is 11.8. The summed E-state index contributed by atoms with van der Waals surface area (Å²) in [4.78, 5) is 19.0. The van der Waals surface area contributed by atoms with Crippen molar-refractivity contribution in [2.24, 2.45) is 0 Å². The number of hydrogen-bond acceptors (Lipinski definition) is 3. The van der Waals surface area contributed by atoms with Gasteiger partial charge in [0.2, 0.25) is 0 Å². The molecule has 0 saturated carbocycles. The zero-order chi connectivity index (χ0) is 19.5. The second-order valence-corrected chi connectivity index (χ2v) is 6.83. The Hall–Kier alpha value is -3.08. The molecule has 1 N–H and O–H groups in total. The third-order valence-corrected chi connectivity index (χ3v) is 4.85. The van der Waals surface area contributed by atoms with Crippen molar-refractivity contribution in [3.63, 3.8) is 0 Å². The lowest BCUT2D eigenvalue weighted by atomic mass is 9.97. The molecular formula is C23H18ClNO3. The summed E-state index contributed by atoms with van der Waals surface area (Å²) in [6.07, 6.45) is 0. The van der Waals surface area contributed by atoms with Crippen molar-refractivity contribution in [3.8, 4) is 11.1 Å². The number of aromatic nitrogens is 1. The lowest BCUT2D eigenvalue weighted by Gasteiger charge is -2.19. The molecule has 0 radical (unpaired) electrons. The van der Waals surface area contributed by atoms with Gasteiger partial charge in [0.1, 0.15) is 6.61 Å². The molecule has 0 aliphatic rings.